The van der Waals surface area contributed by atoms with E-state index in [1.807, 2.05) is 0 Å². The van der Waals surface area contributed by atoms with Crippen molar-refractivity contribution in [2.24, 2.45) is 0 Å². The van der Waals surface area contributed by atoms with Gasteiger partial charge >= 0.3 is 17.4 Å². The van der Waals surface area contributed by atoms with E-state index in [2.05, 4.69) is 0 Å². The van der Waals surface area contributed by atoms with Gasteiger partial charge in [0.05, 0.1) is 0 Å². The predicted octanol–water partition coefficient (Wildman–Crippen LogP) is -4.86. The van der Waals surface area contributed by atoms with Gasteiger partial charge in [-0.05, 0) is 0 Å². The zero-order chi connectivity index (χ0) is 4.50. The zero-order valence-corrected chi connectivity index (χ0v) is 7.16. The number of hydrogen-bond donors (Lipinski definition) is 0. The normalized spacial score (nSPS) is 6.56. The third-order valence-corrected chi connectivity index (χ3v) is 0. The molecule has 9 heteroatoms. The van der Waals surface area contributed by atoms with Crippen LogP contribution in [-0.4, -0.2) is 28.3 Å². The Kier molecular flexibility index (Phi) is 42.3. The van der Waals surface area contributed by atoms with Crippen LogP contribution in [-0.2, 0) is 21.6 Å². The molecule has 0 atom stereocenters. The molecule has 0 unspecified atom stereocenters. The summed E-state index contributed by atoms with van der Waals surface area (Å²) < 4.78 is 8.55. The van der Waals surface area contributed by atoms with Gasteiger partial charge in [-0.25, -0.2) is 0 Å². The summed E-state index contributed by atoms with van der Waals surface area (Å²) in [4.78, 5) is 25.6. The average molecular weight is 214 g/mol. The number of rotatable bonds is 0. The van der Waals surface area contributed by atoms with Crippen molar-refractivity contribution in [3.63, 3.8) is 0 Å². The zero-order valence-electron chi connectivity index (χ0n) is 4.01. The maximum atomic E-state index is 8.55. The summed E-state index contributed by atoms with van der Waals surface area (Å²) in [7, 11) is -5.39. The molecule has 0 saturated heterocycles. The van der Waals surface area contributed by atoms with Crippen molar-refractivity contribution in [1.29, 1.82) is 0 Å². The van der Waals surface area contributed by atoms with Crippen molar-refractivity contribution in [1.82, 2.24) is 0 Å². The van der Waals surface area contributed by atoms with E-state index in [9.17, 15) is 0 Å². The van der Waals surface area contributed by atoms with Gasteiger partial charge in [-0.1, -0.05) is 0 Å². The first-order chi connectivity index (χ1) is 2.00. The summed E-state index contributed by atoms with van der Waals surface area (Å²) in [5.41, 5.74) is 0. The van der Waals surface area contributed by atoms with Crippen molar-refractivity contribution in [2.45, 2.75) is 0 Å². The fourth-order valence-electron chi connectivity index (χ4n) is 0. The van der Waals surface area contributed by atoms with Gasteiger partial charge in [0.2, 0.25) is 0 Å². The van der Waals surface area contributed by atoms with E-state index in [1.54, 1.807) is 0 Å². The first-order valence-corrected chi connectivity index (χ1v) is 2.19. The van der Waals surface area contributed by atoms with Gasteiger partial charge in [0.1, 0.15) is 0 Å². The third kappa shape index (κ3) is 389. The molecule has 0 fully saturated rings. The Hall–Kier alpha value is 1.08. The Bertz CT molecular complexity index is 59.2. The van der Waals surface area contributed by atoms with Gasteiger partial charge in [0.15, 0.2) is 0 Å². The number of phosphoric acid groups is 1. The largest absolute Gasteiger partial charge is 3.00 e. The van der Waals surface area contributed by atoms with Crippen molar-refractivity contribution >= 4 is 25.2 Å². The minimum absolute atomic E-state index is 0. The minimum Gasteiger partial charge on any atom is -0.822 e. The molecule has 0 bridgehead atoms. The molecule has 56 valence electrons. The predicted molar refractivity (Wildman–Crippen MR) is 20.6 cm³/mol. The Labute approximate surface area is 72.7 Å². The van der Waals surface area contributed by atoms with Crippen molar-refractivity contribution < 1.29 is 47.3 Å². The first-order valence-electron chi connectivity index (χ1n) is 0.730. The quantitative estimate of drug-likeness (QED) is 0.293. The molecule has 6 nitrogen and oxygen atoms in total. The Morgan fingerprint density at radius 1 is 1.00 bits per heavy atom. The SMILES string of the molecule is O.O.O=P([O-])([O-])[O-].[Al+3].[Fe]. The molecule has 9 heavy (non-hydrogen) atoms. The summed E-state index contributed by atoms with van der Waals surface area (Å²) in [6, 6.07) is 0. The van der Waals surface area contributed by atoms with Gasteiger partial charge in [0, 0.05) is 17.1 Å². The van der Waals surface area contributed by atoms with E-state index in [0.717, 1.165) is 0 Å². The standard InChI is InChI=1S/Al.Fe.H3O4P.2H2O/c;;1-5(2,3)4;;/h;;(H3,1,2,3,4);2*1H2/q+3;;;;/p-3. The molecule has 0 aromatic carbocycles. The summed E-state index contributed by atoms with van der Waals surface area (Å²) in [5.74, 6) is 0. The summed E-state index contributed by atoms with van der Waals surface area (Å²) in [6.45, 7) is 0. The number of hydrogen-bond acceptors (Lipinski definition) is 4. The molecule has 0 amide bonds. The second-order valence-electron chi connectivity index (χ2n) is 0.447. The van der Waals surface area contributed by atoms with Crippen LogP contribution in [0.2, 0.25) is 0 Å². The molecule has 0 heterocycles. The molecule has 0 aliphatic rings. The Morgan fingerprint density at radius 2 is 1.00 bits per heavy atom. The fourth-order valence-corrected chi connectivity index (χ4v) is 0. The van der Waals surface area contributed by atoms with Crippen LogP contribution in [0.1, 0.15) is 0 Å². The molecule has 0 aromatic heterocycles. The molecule has 0 spiro atoms. The van der Waals surface area contributed by atoms with Crippen LogP contribution < -0.4 is 14.7 Å². The first kappa shape index (κ1) is 32.2. The van der Waals surface area contributed by atoms with Crippen LogP contribution in [0.25, 0.3) is 0 Å². The van der Waals surface area contributed by atoms with Gasteiger partial charge < -0.3 is 30.2 Å². The summed E-state index contributed by atoms with van der Waals surface area (Å²) in [6.07, 6.45) is 0. The smallest absolute Gasteiger partial charge is 0.822 e. The average Bonchev–Trinajstić information content (AvgIpc) is 0.722. The van der Waals surface area contributed by atoms with Crippen LogP contribution in [0.15, 0.2) is 0 Å². The Balaban J connectivity index is -0.0000000133. The fraction of sp³-hybridized carbons (Fsp3) is 0. The van der Waals surface area contributed by atoms with Crippen molar-refractivity contribution in [3.8, 4) is 0 Å². The Morgan fingerprint density at radius 3 is 1.00 bits per heavy atom. The van der Waals surface area contributed by atoms with Crippen LogP contribution in [0.3, 0.4) is 0 Å². The van der Waals surface area contributed by atoms with Gasteiger partial charge in [-0.2, -0.15) is 7.82 Å². The van der Waals surface area contributed by atoms with Crippen LogP contribution in [0.4, 0.5) is 0 Å². The van der Waals surface area contributed by atoms with E-state index in [-0.39, 0.29) is 45.4 Å². The van der Waals surface area contributed by atoms with E-state index in [0.29, 0.717) is 0 Å². The minimum atomic E-state index is -5.39. The maximum Gasteiger partial charge on any atom is 3.00 e. The molecule has 0 aromatic rings. The maximum absolute atomic E-state index is 8.55. The van der Waals surface area contributed by atoms with Crippen LogP contribution >= 0.6 is 7.82 Å². The molecular weight excluding hydrogens is 210 g/mol. The molecule has 0 rings (SSSR count). The van der Waals surface area contributed by atoms with E-state index < -0.39 is 7.82 Å². The summed E-state index contributed by atoms with van der Waals surface area (Å²) >= 11 is 0. The molecule has 4 N–H and O–H groups in total. The van der Waals surface area contributed by atoms with Crippen molar-refractivity contribution in [2.75, 3.05) is 0 Å². The van der Waals surface area contributed by atoms with Crippen molar-refractivity contribution in [3.05, 3.63) is 0 Å². The van der Waals surface area contributed by atoms with E-state index >= 15 is 0 Å². The molecular formula is H4AlFeO6P. The molecule has 0 aliphatic heterocycles. The molecule has 0 radical (unpaired) electrons. The van der Waals surface area contributed by atoms with Gasteiger partial charge in [-0.15, -0.1) is 0 Å². The second-order valence-corrected chi connectivity index (χ2v) is 1.34. The van der Waals surface area contributed by atoms with Crippen LogP contribution in [0, 0.1) is 0 Å². The topological polar surface area (TPSA) is 149 Å². The summed E-state index contributed by atoms with van der Waals surface area (Å²) in [5, 5.41) is 0. The molecule has 0 saturated carbocycles. The van der Waals surface area contributed by atoms with Gasteiger partial charge in [0.25, 0.3) is 0 Å². The monoisotopic (exact) mass is 214 g/mol. The second kappa shape index (κ2) is 11.8. The third-order valence-electron chi connectivity index (χ3n) is 0. The molecule has 0 aliphatic carbocycles. The van der Waals surface area contributed by atoms with Crippen LogP contribution in [0.5, 0.6) is 0 Å². The van der Waals surface area contributed by atoms with Gasteiger partial charge in [-0.3, -0.25) is 0 Å². The van der Waals surface area contributed by atoms with E-state index in [1.165, 1.54) is 0 Å². The van der Waals surface area contributed by atoms with E-state index in [4.69, 9.17) is 19.2 Å².